The van der Waals surface area contributed by atoms with Crippen LogP contribution in [-0.2, 0) is 6.54 Å². The predicted molar refractivity (Wildman–Crippen MR) is 100 cm³/mol. The molecule has 4 rings (SSSR count). The van der Waals surface area contributed by atoms with Crippen LogP contribution >= 0.6 is 11.3 Å². The smallest absolute Gasteiger partial charge is 0.318 e. The van der Waals surface area contributed by atoms with Crippen molar-refractivity contribution in [3.63, 3.8) is 0 Å². The third-order valence-corrected chi connectivity index (χ3v) is 5.46. The molecule has 0 spiro atoms. The Bertz CT molecular complexity index is 868. The monoisotopic (exact) mass is 365 g/mol. The van der Waals surface area contributed by atoms with E-state index in [4.69, 9.17) is 0 Å². The molecule has 6 nitrogen and oxygen atoms in total. The lowest BCUT2D eigenvalue weighted by atomic mass is 10.1. The number of pyridine rings is 1. The van der Waals surface area contributed by atoms with Crippen LogP contribution in [-0.4, -0.2) is 32.7 Å². The van der Waals surface area contributed by atoms with Crippen molar-refractivity contribution in [1.82, 2.24) is 25.4 Å². The molecule has 2 aromatic heterocycles. The fourth-order valence-corrected chi connectivity index (χ4v) is 4.00. The normalized spacial score (nSPS) is 16.6. The second-order valence-corrected chi connectivity index (χ2v) is 7.22. The fraction of sp³-hybridized carbons (Fsp3) is 0.263. The van der Waals surface area contributed by atoms with Gasteiger partial charge in [0.1, 0.15) is 10.0 Å². The van der Waals surface area contributed by atoms with Crippen molar-refractivity contribution in [2.45, 2.75) is 25.4 Å². The lowest BCUT2D eigenvalue weighted by Crippen LogP contribution is -2.39. The van der Waals surface area contributed by atoms with Gasteiger partial charge in [0.15, 0.2) is 0 Å². The summed E-state index contributed by atoms with van der Waals surface area (Å²) in [6.45, 7) is 1.16. The summed E-state index contributed by atoms with van der Waals surface area (Å²) in [4.78, 5) is 18.6. The number of carbonyl (C=O) groups is 1. The van der Waals surface area contributed by atoms with Crippen LogP contribution in [0.25, 0.3) is 10.6 Å². The average molecular weight is 365 g/mol. The van der Waals surface area contributed by atoms with Crippen molar-refractivity contribution in [2.24, 2.45) is 0 Å². The summed E-state index contributed by atoms with van der Waals surface area (Å²) in [6, 6.07) is 14.0. The van der Waals surface area contributed by atoms with Crippen LogP contribution in [0.15, 0.2) is 54.9 Å². The number of amides is 2. The Morgan fingerprint density at radius 2 is 1.96 bits per heavy atom. The quantitative estimate of drug-likeness (QED) is 0.766. The van der Waals surface area contributed by atoms with E-state index in [-0.39, 0.29) is 12.1 Å². The van der Waals surface area contributed by atoms with E-state index in [1.807, 2.05) is 47.4 Å². The topological polar surface area (TPSA) is 71.0 Å². The van der Waals surface area contributed by atoms with Gasteiger partial charge >= 0.3 is 6.03 Å². The van der Waals surface area contributed by atoms with Gasteiger partial charge in [-0.2, -0.15) is 0 Å². The highest BCUT2D eigenvalue weighted by molar-refractivity contribution is 7.14. The molecule has 1 aromatic carbocycles. The first-order chi connectivity index (χ1) is 12.8. The molecule has 1 aliphatic heterocycles. The van der Waals surface area contributed by atoms with Crippen molar-refractivity contribution < 1.29 is 4.79 Å². The molecule has 0 aliphatic carbocycles. The van der Waals surface area contributed by atoms with E-state index in [2.05, 4.69) is 20.5 Å². The number of nitrogens with zero attached hydrogens (tertiary/aromatic N) is 4. The summed E-state index contributed by atoms with van der Waals surface area (Å²) in [5.74, 6) is 0. The van der Waals surface area contributed by atoms with Crippen LogP contribution in [0.2, 0.25) is 0 Å². The molecular formula is C19H19N5OS. The Kier molecular flexibility index (Phi) is 4.88. The maximum atomic E-state index is 12.6. The van der Waals surface area contributed by atoms with Gasteiger partial charge in [-0.15, -0.1) is 10.2 Å². The minimum absolute atomic E-state index is 0.0548. The Balaban J connectivity index is 1.39. The number of aromatic nitrogens is 3. The lowest BCUT2D eigenvalue weighted by Gasteiger charge is -2.25. The van der Waals surface area contributed by atoms with Gasteiger partial charge in [-0.3, -0.25) is 4.98 Å². The zero-order valence-electron chi connectivity index (χ0n) is 14.2. The largest absolute Gasteiger partial charge is 0.331 e. The highest BCUT2D eigenvalue weighted by atomic mass is 32.1. The number of hydrogen-bond acceptors (Lipinski definition) is 5. The molecule has 132 valence electrons. The zero-order valence-corrected chi connectivity index (χ0v) is 15.0. The van der Waals surface area contributed by atoms with E-state index in [1.165, 1.54) is 11.3 Å². The van der Waals surface area contributed by atoms with Crippen molar-refractivity contribution in [1.29, 1.82) is 0 Å². The number of urea groups is 1. The summed E-state index contributed by atoms with van der Waals surface area (Å²) in [7, 11) is 0. The summed E-state index contributed by atoms with van der Waals surface area (Å²) >= 11 is 1.50. The zero-order chi connectivity index (χ0) is 17.8. The van der Waals surface area contributed by atoms with Crippen LogP contribution < -0.4 is 5.32 Å². The first-order valence-corrected chi connectivity index (χ1v) is 9.45. The van der Waals surface area contributed by atoms with Crippen molar-refractivity contribution in [3.8, 4) is 10.6 Å². The van der Waals surface area contributed by atoms with Crippen LogP contribution in [0.1, 0.15) is 29.5 Å². The molecule has 0 bridgehead atoms. The Morgan fingerprint density at radius 1 is 1.15 bits per heavy atom. The number of rotatable bonds is 4. The Morgan fingerprint density at radius 3 is 2.77 bits per heavy atom. The van der Waals surface area contributed by atoms with Crippen LogP contribution in [0, 0.1) is 0 Å². The predicted octanol–water partition coefficient (Wildman–Crippen LogP) is 3.65. The maximum Gasteiger partial charge on any atom is 0.318 e. The molecule has 1 N–H and O–H groups in total. The first kappa shape index (κ1) is 16.7. The molecule has 1 atom stereocenters. The van der Waals surface area contributed by atoms with E-state index in [0.717, 1.165) is 40.5 Å². The second-order valence-electron chi connectivity index (χ2n) is 6.16. The highest BCUT2D eigenvalue weighted by Gasteiger charge is 2.29. The third-order valence-electron chi connectivity index (χ3n) is 4.48. The van der Waals surface area contributed by atoms with Gasteiger partial charge in [-0.1, -0.05) is 41.7 Å². The number of carbonyl (C=O) groups excluding carboxylic acids is 1. The fourth-order valence-electron chi connectivity index (χ4n) is 3.22. The molecule has 26 heavy (non-hydrogen) atoms. The summed E-state index contributed by atoms with van der Waals surface area (Å²) in [5, 5.41) is 13.1. The minimum atomic E-state index is -0.0548. The molecule has 1 saturated heterocycles. The first-order valence-electron chi connectivity index (χ1n) is 8.63. The number of benzene rings is 1. The number of likely N-dealkylation sites (tertiary alicyclic amines) is 1. The van der Waals surface area contributed by atoms with Crippen LogP contribution in [0.4, 0.5) is 4.79 Å². The molecule has 1 fully saturated rings. The van der Waals surface area contributed by atoms with Gasteiger partial charge in [0, 0.05) is 24.5 Å². The molecule has 1 unspecified atom stereocenters. The van der Waals surface area contributed by atoms with Gasteiger partial charge < -0.3 is 10.2 Å². The third kappa shape index (κ3) is 3.57. The number of nitrogens with one attached hydrogen (secondary N) is 1. The summed E-state index contributed by atoms with van der Waals surface area (Å²) in [6.07, 6.45) is 5.54. The lowest BCUT2D eigenvalue weighted by molar-refractivity contribution is 0.192. The van der Waals surface area contributed by atoms with Gasteiger partial charge in [0.05, 0.1) is 12.6 Å². The van der Waals surface area contributed by atoms with Crippen LogP contribution in [0.5, 0.6) is 0 Å². The molecule has 7 heteroatoms. The van der Waals surface area contributed by atoms with Gasteiger partial charge in [0.2, 0.25) is 0 Å². The van der Waals surface area contributed by atoms with Gasteiger partial charge in [0.25, 0.3) is 0 Å². The van der Waals surface area contributed by atoms with Gasteiger partial charge in [-0.05, 0) is 30.5 Å². The van der Waals surface area contributed by atoms with Crippen molar-refractivity contribution in [2.75, 3.05) is 6.54 Å². The molecule has 2 amide bonds. The molecule has 0 radical (unpaired) electrons. The van der Waals surface area contributed by atoms with Crippen molar-refractivity contribution in [3.05, 3.63) is 65.4 Å². The molecule has 0 saturated carbocycles. The minimum Gasteiger partial charge on any atom is -0.331 e. The van der Waals surface area contributed by atoms with E-state index >= 15 is 0 Å². The van der Waals surface area contributed by atoms with Gasteiger partial charge in [-0.25, -0.2) is 4.79 Å². The second kappa shape index (κ2) is 7.61. The van der Waals surface area contributed by atoms with Crippen LogP contribution in [0.3, 0.4) is 0 Å². The Labute approximate surface area is 155 Å². The molecule has 3 aromatic rings. The number of hydrogen-bond donors (Lipinski definition) is 1. The molecular weight excluding hydrogens is 346 g/mol. The van der Waals surface area contributed by atoms with E-state index < -0.39 is 0 Å². The summed E-state index contributed by atoms with van der Waals surface area (Å²) in [5.41, 5.74) is 2.18. The maximum absolute atomic E-state index is 12.6. The van der Waals surface area contributed by atoms with E-state index in [0.29, 0.717) is 6.54 Å². The van der Waals surface area contributed by atoms with E-state index in [9.17, 15) is 4.79 Å². The highest BCUT2D eigenvalue weighted by Crippen LogP contribution is 2.31. The Hall–Kier alpha value is -2.80. The summed E-state index contributed by atoms with van der Waals surface area (Å²) < 4.78 is 0. The van der Waals surface area contributed by atoms with Crippen molar-refractivity contribution >= 4 is 17.4 Å². The molecule has 3 heterocycles. The average Bonchev–Trinajstić information content (AvgIpc) is 3.37. The molecule has 1 aliphatic rings. The standard InChI is InChI=1S/C19H19N5OS/c25-19(24-12-4-7-16(24)14-8-10-20-11-9-14)21-13-17-22-23-18(26-17)15-5-2-1-3-6-15/h1-3,5-6,8-11,16H,4,7,12-13H2,(H,21,25). The van der Waals surface area contributed by atoms with E-state index in [1.54, 1.807) is 12.4 Å². The SMILES string of the molecule is O=C(NCc1nnc(-c2ccccc2)s1)N1CCCC1c1ccncc1.